The molecule has 3 amide bonds. The van der Waals surface area contributed by atoms with Gasteiger partial charge in [-0.1, -0.05) is 23.9 Å². The van der Waals surface area contributed by atoms with Gasteiger partial charge in [-0.3, -0.25) is 24.1 Å². The van der Waals surface area contributed by atoms with Crippen molar-refractivity contribution in [3.05, 3.63) is 30.1 Å². The van der Waals surface area contributed by atoms with Crippen LogP contribution in [0.4, 0.5) is 9.18 Å². The zero-order chi connectivity index (χ0) is 18.2. The van der Waals surface area contributed by atoms with Crippen LogP contribution in [0.3, 0.4) is 0 Å². The van der Waals surface area contributed by atoms with E-state index < -0.39 is 24.3 Å². The lowest BCUT2D eigenvalue weighted by Crippen LogP contribution is -2.38. The zero-order valence-electron chi connectivity index (χ0n) is 13.0. The Balaban J connectivity index is 1.61. The molecule has 1 aromatic rings. The summed E-state index contributed by atoms with van der Waals surface area (Å²) in [6.45, 7) is -0.320. The maximum Gasteiger partial charge on any atom is 0.316 e. The van der Waals surface area contributed by atoms with Gasteiger partial charge < -0.3 is 10.1 Å². The zero-order valence-corrected chi connectivity index (χ0v) is 14.7. The number of carbonyl (C=O) groups excluding carboxylic acids is 4. The number of hydrogen-bond acceptors (Lipinski definition) is 7. The molecule has 0 saturated carbocycles. The van der Waals surface area contributed by atoms with Crippen LogP contribution in [0.5, 0.6) is 0 Å². The Morgan fingerprint density at radius 3 is 2.76 bits per heavy atom. The van der Waals surface area contributed by atoms with Crippen molar-refractivity contribution >= 4 is 46.5 Å². The Labute approximate surface area is 151 Å². The molecule has 1 fully saturated rings. The van der Waals surface area contributed by atoms with E-state index in [0.29, 0.717) is 4.90 Å². The van der Waals surface area contributed by atoms with E-state index in [1.807, 2.05) is 0 Å². The quantitative estimate of drug-likeness (QED) is 0.531. The number of imide groups is 1. The number of ether oxygens (including phenoxy) is 1. The van der Waals surface area contributed by atoms with E-state index in [2.05, 4.69) is 5.32 Å². The lowest BCUT2D eigenvalue weighted by molar-refractivity contribution is -0.145. The molecule has 1 heterocycles. The maximum atomic E-state index is 13.4. The second-order valence-corrected chi connectivity index (χ2v) is 6.77. The number of esters is 1. The molecule has 0 bridgehead atoms. The van der Waals surface area contributed by atoms with Gasteiger partial charge in [-0.2, -0.15) is 0 Å². The van der Waals surface area contributed by atoms with E-state index in [1.54, 1.807) is 18.2 Å². The highest BCUT2D eigenvalue weighted by atomic mass is 32.2. The highest BCUT2D eigenvalue weighted by Gasteiger charge is 2.29. The third-order valence-electron chi connectivity index (χ3n) is 3.04. The molecule has 2 rings (SSSR count). The molecular weight excluding hydrogens is 371 g/mol. The first-order chi connectivity index (χ1) is 12.0. The minimum Gasteiger partial charge on any atom is -0.455 e. The van der Waals surface area contributed by atoms with Gasteiger partial charge in [0.25, 0.3) is 11.1 Å². The summed E-state index contributed by atoms with van der Waals surface area (Å²) in [5, 5.41) is 2.11. The first kappa shape index (κ1) is 19.3. The van der Waals surface area contributed by atoms with Gasteiger partial charge in [0.1, 0.15) is 5.82 Å². The van der Waals surface area contributed by atoms with Crippen molar-refractivity contribution in [2.75, 3.05) is 31.2 Å². The molecule has 1 N–H and O–H groups in total. The van der Waals surface area contributed by atoms with Crippen molar-refractivity contribution in [1.82, 2.24) is 10.2 Å². The molecule has 0 unspecified atom stereocenters. The number of hydrogen-bond donors (Lipinski definition) is 1. The number of nitrogens with zero attached hydrogens (tertiary/aromatic N) is 1. The van der Waals surface area contributed by atoms with E-state index in [-0.39, 0.29) is 35.7 Å². The van der Waals surface area contributed by atoms with Crippen LogP contribution in [-0.4, -0.2) is 59.1 Å². The summed E-state index contributed by atoms with van der Waals surface area (Å²) >= 11 is 1.89. The molecule has 0 aliphatic carbocycles. The molecule has 25 heavy (non-hydrogen) atoms. The second-order valence-electron chi connectivity index (χ2n) is 4.83. The Morgan fingerprint density at radius 1 is 1.32 bits per heavy atom. The topological polar surface area (TPSA) is 92.8 Å². The Morgan fingerprint density at radius 2 is 2.08 bits per heavy atom. The second kappa shape index (κ2) is 9.42. The Bertz CT molecular complexity index is 670. The molecular formula is C15H15FN2O5S2. The lowest BCUT2D eigenvalue weighted by atomic mass is 10.3. The number of rotatable bonds is 8. The molecule has 134 valence electrons. The summed E-state index contributed by atoms with van der Waals surface area (Å²) in [5.74, 6) is -1.92. The van der Waals surface area contributed by atoms with Gasteiger partial charge >= 0.3 is 5.97 Å². The summed E-state index contributed by atoms with van der Waals surface area (Å²) in [5.41, 5.74) is 0. The third-order valence-corrected chi connectivity index (χ3v) is 4.93. The van der Waals surface area contributed by atoms with Crippen LogP contribution >= 0.6 is 23.5 Å². The number of benzene rings is 1. The molecule has 1 aliphatic heterocycles. The minimum absolute atomic E-state index is 0.0769. The van der Waals surface area contributed by atoms with Crippen molar-refractivity contribution < 1.29 is 28.3 Å². The Kier molecular flexibility index (Phi) is 7.26. The van der Waals surface area contributed by atoms with Crippen molar-refractivity contribution in [3.63, 3.8) is 0 Å². The lowest BCUT2D eigenvalue weighted by Gasteiger charge is -2.13. The van der Waals surface area contributed by atoms with E-state index in [9.17, 15) is 23.6 Å². The van der Waals surface area contributed by atoms with Crippen molar-refractivity contribution in [2.45, 2.75) is 4.90 Å². The Hall–Kier alpha value is -2.07. The molecule has 0 atom stereocenters. The standard InChI is InChI=1S/C15H15FN2O5S2/c16-10-3-1-2-4-11(10)24-9-14(21)23-7-12(19)17-5-6-18-13(20)8-25-15(18)22/h1-4H,5-9H2,(H,17,19). The van der Waals surface area contributed by atoms with Crippen LogP contribution in [0.2, 0.25) is 0 Å². The monoisotopic (exact) mass is 386 g/mol. The van der Waals surface area contributed by atoms with Gasteiger partial charge in [-0.25, -0.2) is 4.39 Å². The first-order valence-electron chi connectivity index (χ1n) is 7.24. The number of halogens is 1. The predicted octanol–water partition coefficient (Wildman–Crippen LogP) is 1.27. The van der Waals surface area contributed by atoms with Gasteiger partial charge in [0.05, 0.1) is 11.5 Å². The highest BCUT2D eigenvalue weighted by Crippen LogP contribution is 2.21. The van der Waals surface area contributed by atoms with Crippen LogP contribution in [0.1, 0.15) is 0 Å². The molecule has 0 radical (unpaired) electrons. The molecule has 10 heteroatoms. The van der Waals surface area contributed by atoms with Crippen LogP contribution in [0.25, 0.3) is 0 Å². The highest BCUT2D eigenvalue weighted by molar-refractivity contribution is 8.14. The molecule has 1 aliphatic rings. The van der Waals surface area contributed by atoms with Crippen molar-refractivity contribution in [2.24, 2.45) is 0 Å². The summed E-state index contributed by atoms with van der Waals surface area (Å²) in [7, 11) is 0. The van der Waals surface area contributed by atoms with Crippen LogP contribution in [0.15, 0.2) is 29.2 Å². The summed E-state index contributed by atoms with van der Waals surface area (Å²) in [6.07, 6.45) is 0. The van der Waals surface area contributed by atoms with Crippen LogP contribution in [0, 0.1) is 5.82 Å². The van der Waals surface area contributed by atoms with E-state index in [1.165, 1.54) is 6.07 Å². The predicted molar refractivity (Wildman–Crippen MR) is 90.7 cm³/mol. The van der Waals surface area contributed by atoms with Crippen molar-refractivity contribution in [3.8, 4) is 0 Å². The number of carbonyl (C=O) groups is 4. The van der Waals surface area contributed by atoms with Crippen LogP contribution < -0.4 is 5.32 Å². The fourth-order valence-corrected chi connectivity index (χ4v) is 3.33. The minimum atomic E-state index is -0.648. The average Bonchev–Trinajstić information content (AvgIpc) is 2.91. The summed E-state index contributed by atoms with van der Waals surface area (Å²) in [6, 6.07) is 6.03. The van der Waals surface area contributed by atoms with E-state index >= 15 is 0 Å². The number of thioether (sulfide) groups is 2. The summed E-state index contributed by atoms with van der Waals surface area (Å²) in [4.78, 5) is 47.2. The largest absolute Gasteiger partial charge is 0.455 e. The molecule has 0 aromatic heterocycles. The van der Waals surface area contributed by atoms with Gasteiger partial charge in [0, 0.05) is 18.0 Å². The SMILES string of the molecule is O=C(COC(=O)CSc1ccccc1F)NCCN1C(=O)CSC1=O. The van der Waals surface area contributed by atoms with Crippen molar-refractivity contribution in [1.29, 1.82) is 0 Å². The molecule has 0 spiro atoms. The first-order valence-corrected chi connectivity index (χ1v) is 9.21. The normalized spacial score (nSPS) is 13.9. The average molecular weight is 386 g/mol. The molecule has 1 aromatic carbocycles. The van der Waals surface area contributed by atoms with E-state index in [4.69, 9.17) is 4.74 Å². The molecule has 1 saturated heterocycles. The van der Waals surface area contributed by atoms with Gasteiger partial charge in [0.2, 0.25) is 5.91 Å². The fraction of sp³-hybridized carbons (Fsp3) is 0.333. The van der Waals surface area contributed by atoms with Crippen LogP contribution in [-0.2, 0) is 19.1 Å². The number of amides is 3. The smallest absolute Gasteiger partial charge is 0.316 e. The van der Waals surface area contributed by atoms with E-state index in [0.717, 1.165) is 28.4 Å². The number of nitrogens with one attached hydrogen (secondary N) is 1. The molecule has 7 nitrogen and oxygen atoms in total. The fourth-order valence-electron chi connectivity index (χ4n) is 1.84. The third kappa shape index (κ3) is 6.05. The van der Waals surface area contributed by atoms with Gasteiger partial charge in [-0.05, 0) is 12.1 Å². The summed E-state index contributed by atoms with van der Waals surface area (Å²) < 4.78 is 18.2. The van der Waals surface area contributed by atoms with Gasteiger partial charge in [0.15, 0.2) is 6.61 Å². The van der Waals surface area contributed by atoms with Gasteiger partial charge in [-0.15, -0.1) is 11.8 Å². The maximum absolute atomic E-state index is 13.4.